The average molecular weight is 179 g/mol. The molecule has 0 rings (SSSR count). The molecule has 0 bridgehead atoms. The highest BCUT2D eigenvalue weighted by atomic mass is 79.9. The van der Waals surface area contributed by atoms with Crippen molar-refractivity contribution in [2.45, 2.75) is 38.4 Å². The summed E-state index contributed by atoms with van der Waals surface area (Å²) in [6.07, 6.45) is 1.24. The van der Waals surface area contributed by atoms with Gasteiger partial charge in [0.1, 0.15) is 0 Å². The zero-order chi connectivity index (χ0) is 6.78. The van der Waals surface area contributed by atoms with Crippen molar-refractivity contribution in [3.63, 3.8) is 0 Å². The standard InChI is InChI=1S/C7H15Br/c1-6(2)5-7(3,4)8/h6H,5H2,1-4H3. The summed E-state index contributed by atoms with van der Waals surface area (Å²) in [6.45, 7) is 8.88. The Kier molecular flexibility index (Phi) is 3.03. The van der Waals surface area contributed by atoms with Gasteiger partial charge in [0.2, 0.25) is 0 Å². The molecule has 0 spiro atoms. The number of hydrogen-bond acceptors (Lipinski definition) is 0. The van der Waals surface area contributed by atoms with Crippen LogP contribution in [0.5, 0.6) is 0 Å². The first kappa shape index (κ1) is 8.48. The zero-order valence-corrected chi connectivity index (χ0v) is 7.75. The summed E-state index contributed by atoms with van der Waals surface area (Å²) in [6, 6.07) is 0. The molecule has 0 N–H and O–H groups in total. The van der Waals surface area contributed by atoms with Crippen molar-refractivity contribution in [3.8, 4) is 0 Å². The van der Waals surface area contributed by atoms with E-state index in [1.807, 2.05) is 0 Å². The van der Waals surface area contributed by atoms with E-state index >= 15 is 0 Å². The van der Waals surface area contributed by atoms with E-state index in [9.17, 15) is 0 Å². The van der Waals surface area contributed by atoms with E-state index in [-0.39, 0.29) is 0 Å². The maximum Gasteiger partial charge on any atom is 0.0204 e. The van der Waals surface area contributed by atoms with Gasteiger partial charge < -0.3 is 0 Å². The Morgan fingerprint density at radius 1 is 1.38 bits per heavy atom. The summed E-state index contributed by atoms with van der Waals surface area (Å²) < 4.78 is 0.334. The lowest BCUT2D eigenvalue weighted by Crippen LogP contribution is -2.12. The third-order valence-corrected chi connectivity index (χ3v) is 1.22. The van der Waals surface area contributed by atoms with E-state index < -0.39 is 0 Å². The van der Waals surface area contributed by atoms with Crippen LogP contribution in [0.15, 0.2) is 0 Å². The molecule has 0 fully saturated rings. The van der Waals surface area contributed by atoms with E-state index in [0.29, 0.717) is 4.32 Å². The minimum Gasteiger partial charge on any atom is -0.0859 e. The van der Waals surface area contributed by atoms with Gasteiger partial charge in [0.05, 0.1) is 0 Å². The summed E-state index contributed by atoms with van der Waals surface area (Å²) in [7, 11) is 0. The maximum atomic E-state index is 3.58. The monoisotopic (exact) mass is 178 g/mol. The highest BCUT2D eigenvalue weighted by Crippen LogP contribution is 2.24. The Morgan fingerprint density at radius 3 is 1.75 bits per heavy atom. The topological polar surface area (TPSA) is 0 Å². The van der Waals surface area contributed by atoms with Crippen molar-refractivity contribution < 1.29 is 0 Å². The normalized spacial score (nSPS) is 12.8. The average Bonchev–Trinajstić information content (AvgIpc) is 1.21. The molecular weight excluding hydrogens is 164 g/mol. The van der Waals surface area contributed by atoms with Gasteiger partial charge in [-0.25, -0.2) is 0 Å². The van der Waals surface area contributed by atoms with Gasteiger partial charge in [-0.2, -0.15) is 0 Å². The van der Waals surface area contributed by atoms with Crippen molar-refractivity contribution in [2.75, 3.05) is 0 Å². The van der Waals surface area contributed by atoms with Crippen molar-refractivity contribution in [1.29, 1.82) is 0 Å². The van der Waals surface area contributed by atoms with Gasteiger partial charge in [0, 0.05) is 4.32 Å². The molecule has 0 unspecified atom stereocenters. The first-order valence-electron chi connectivity index (χ1n) is 3.11. The Hall–Kier alpha value is 0.480. The fourth-order valence-corrected chi connectivity index (χ4v) is 1.62. The molecule has 0 aliphatic rings. The van der Waals surface area contributed by atoms with Crippen LogP contribution >= 0.6 is 15.9 Å². The SMILES string of the molecule is CC(C)CC(C)(C)Br. The minimum atomic E-state index is 0.334. The quantitative estimate of drug-likeness (QED) is 0.571. The summed E-state index contributed by atoms with van der Waals surface area (Å²) in [5.74, 6) is 0.796. The van der Waals surface area contributed by atoms with Crippen molar-refractivity contribution in [2.24, 2.45) is 5.92 Å². The second-order valence-electron chi connectivity index (χ2n) is 3.32. The Morgan fingerprint density at radius 2 is 1.75 bits per heavy atom. The fraction of sp³-hybridized carbons (Fsp3) is 1.00. The largest absolute Gasteiger partial charge is 0.0859 e. The molecule has 0 heterocycles. The van der Waals surface area contributed by atoms with Gasteiger partial charge in [-0.05, 0) is 12.3 Å². The molecular formula is C7H15Br. The van der Waals surface area contributed by atoms with E-state index in [2.05, 4.69) is 43.6 Å². The Labute approximate surface area is 60.8 Å². The van der Waals surface area contributed by atoms with Crippen LogP contribution in [0, 0.1) is 5.92 Å². The molecule has 0 saturated carbocycles. The smallest absolute Gasteiger partial charge is 0.0204 e. The van der Waals surface area contributed by atoms with Crippen molar-refractivity contribution in [1.82, 2.24) is 0 Å². The van der Waals surface area contributed by atoms with Gasteiger partial charge >= 0.3 is 0 Å². The summed E-state index contributed by atoms with van der Waals surface area (Å²) in [5, 5.41) is 0. The van der Waals surface area contributed by atoms with Gasteiger partial charge in [-0.1, -0.05) is 43.6 Å². The van der Waals surface area contributed by atoms with Crippen LogP contribution < -0.4 is 0 Å². The van der Waals surface area contributed by atoms with Crippen LogP contribution in [-0.2, 0) is 0 Å². The van der Waals surface area contributed by atoms with Gasteiger partial charge in [0.15, 0.2) is 0 Å². The number of rotatable bonds is 2. The lowest BCUT2D eigenvalue weighted by Gasteiger charge is -2.17. The highest BCUT2D eigenvalue weighted by Gasteiger charge is 2.13. The molecule has 8 heavy (non-hydrogen) atoms. The zero-order valence-electron chi connectivity index (χ0n) is 6.16. The summed E-state index contributed by atoms with van der Waals surface area (Å²) in [5.41, 5.74) is 0. The molecule has 0 atom stereocenters. The summed E-state index contributed by atoms with van der Waals surface area (Å²) in [4.78, 5) is 0. The second kappa shape index (κ2) is 2.86. The van der Waals surface area contributed by atoms with E-state index in [4.69, 9.17) is 0 Å². The van der Waals surface area contributed by atoms with E-state index in [1.54, 1.807) is 0 Å². The molecule has 0 aromatic rings. The van der Waals surface area contributed by atoms with Gasteiger partial charge in [-0.15, -0.1) is 0 Å². The van der Waals surface area contributed by atoms with Crippen LogP contribution in [0.3, 0.4) is 0 Å². The molecule has 0 nitrogen and oxygen atoms in total. The van der Waals surface area contributed by atoms with Crippen LogP contribution in [-0.4, -0.2) is 4.32 Å². The lowest BCUT2D eigenvalue weighted by atomic mass is 10.0. The molecule has 0 aliphatic heterocycles. The fourth-order valence-electron chi connectivity index (χ4n) is 0.971. The van der Waals surface area contributed by atoms with E-state index in [1.165, 1.54) is 6.42 Å². The third-order valence-electron chi connectivity index (χ3n) is 0.894. The van der Waals surface area contributed by atoms with Crippen LogP contribution in [0.25, 0.3) is 0 Å². The number of halogens is 1. The van der Waals surface area contributed by atoms with E-state index in [0.717, 1.165) is 5.92 Å². The predicted octanol–water partition coefficient (Wildman–Crippen LogP) is 3.21. The van der Waals surface area contributed by atoms with Gasteiger partial charge in [0.25, 0.3) is 0 Å². The van der Waals surface area contributed by atoms with Crippen LogP contribution in [0.4, 0.5) is 0 Å². The molecule has 0 radical (unpaired) electrons. The minimum absolute atomic E-state index is 0.334. The molecule has 0 aromatic heterocycles. The third kappa shape index (κ3) is 6.48. The van der Waals surface area contributed by atoms with Crippen LogP contribution in [0.2, 0.25) is 0 Å². The molecule has 0 saturated heterocycles. The molecule has 0 amide bonds. The second-order valence-corrected chi connectivity index (χ2v) is 5.46. The maximum absolute atomic E-state index is 3.58. The number of hydrogen-bond donors (Lipinski definition) is 0. The van der Waals surface area contributed by atoms with Crippen molar-refractivity contribution >= 4 is 15.9 Å². The first-order chi connectivity index (χ1) is 3.42. The lowest BCUT2D eigenvalue weighted by molar-refractivity contribution is 0.510. The predicted molar refractivity (Wildman–Crippen MR) is 42.5 cm³/mol. The van der Waals surface area contributed by atoms with Crippen LogP contribution in [0.1, 0.15) is 34.1 Å². The molecule has 0 aliphatic carbocycles. The van der Waals surface area contributed by atoms with Gasteiger partial charge in [-0.3, -0.25) is 0 Å². The molecule has 1 heteroatoms. The highest BCUT2D eigenvalue weighted by molar-refractivity contribution is 9.10. The summed E-state index contributed by atoms with van der Waals surface area (Å²) >= 11 is 3.58. The first-order valence-corrected chi connectivity index (χ1v) is 3.90. The van der Waals surface area contributed by atoms with Crippen molar-refractivity contribution in [3.05, 3.63) is 0 Å². The Balaban J connectivity index is 3.39. The number of alkyl halides is 1. The molecule has 0 aromatic carbocycles. The molecule has 50 valence electrons. The Bertz CT molecular complexity index is 59.3.